The number of aryl methyl sites for hydroxylation is 3. The molecule has 0 heterocycles. The molecule has 0 fully saturated rings. The first-order chi connectivity index (χ1) is 8.06. The van der Waals surface area contributed by atoms with Crippen LogP contribution in [0.5, 0.6) is 0 Å². The first-order valence-electron chi connectivity index (χ1n) is 5.95. The number of benzene rings is 2. The maximum Gasteiger partial charge on any atom is 0.0413 e. The van der Waals surface area contributed by atoms with Crippen molar-refractivity contribution in [3.8, 4) is 0 Å². The molecule has 0 unspecified atom stereocenters. The molecule has 1 heteroatoms. The lowest BCUT2D eigenvalue weighted by Gasteiger charge is -2.21. The van der Waals surface area contributed by atoms with Crippen LogP contribution in [0.3, 0.4) is 0 Å². The maximum atomic E-state index is 2.23. The second-order valence-corrected chi connectivity index (χ2v) is 4.74. The molecule has 0 aromatic heterocycles. The van der Waals surface area contributed by atoms with Gasteiger partial charge in [-0.1, -0.05) is 18.2 Å². The van der Waals surface area contributed by atoms with Gasteiger partial charge in [-0.3, -0.25) is 0 Å². The number of rotatable bonds is 2. The van der Waals surface area contributed by atoms with E-state index in [4.69, 9.17) is 0 Å². The van der Waals surface area contributed by atoms with Crippen molar-refractivity contribution in [1.29, 1.82) is 0 Å². The van der Waals surface area contributed by atoms with Crippen molar-refractivity contribution >= 4 is 11.4 Å². The molecule has 2 aromatic rings. The van der Waals surface area contributed by atoms with Gasteiger partial charge in [0.2, 0.25) is 0 Å². The van der Waals surface area contributed by atoms with Gasteiger partial charge >= 0.3 is 0 Å². The molecule has 0 aliphatic rings. The Kier molecular flexibility index (Phi) is 3.19. The van der Waals surface area contributed by atoms with E-state index in [-0.39, 0.29) is 0 Å². The molecule has 0 saturated carbocycles. The summed E-state index contributed by atoms with van der Waals surface area (Å²) in [7, 11) is 2.11. The zero-order chi connectivity index (χ0) is 12.4. The van der Waals surface area contributed by atoms with Crippen molar-refractivity contribution < 1.29 is 0 Å². The van der Waals surface area contributed by atoms with E-state index in [2.05, 4.69) is 75.2 Å². The third-order valence-electron chi connectivity index (χ3n) is 2.98. The molecule has 0 atom stereocenters. The lowest BCUT2D eigenvalue weighted by Crippen LogP contribution is -2.09. The van der Waals surface area contributed by atoms with Crippen molar-refractivity contribution in [1.82, 2.24) is 0 Å². The summed E-state index contributed by atoms with van der Waals surface area (Å²) >= 11 is 0. The van der Waals surface area contributed by atoms with E-state index in [1.54, 1.807) is 0 Å². The Balaban J connectivity index is 2.39. The largest absolute Gasteiger partial charge is 0.345 e. The fourth-order valence-electron chi connectivity index (χ4n) is 2.13. The predicted octanol–water partition coefficient (Wildman–Crippen LogP) is 4.38. The average Bonchev–Trinajstić information content (AvgIpc) is 2.26. The molecule has 0 bridgehead atoms. The summed E-state index contributed by atoms with van der Waals surface area (Å²) < 4.78 is 0. The molecule has 0 radical (unpaired) electrons. The third kappa shape index (κ3) is 2.68. The molecule has 0 amide bonds. The zero-order valence-electron chi connectivity index (χ0n) is 11.0. The van der Waals surface area contributed by atoms with Gasteiger partial charge in [-0.05, 0) is 61.7 Å². The highest BCUT2D eigenvalue weighted by Crippen LogP contribution is 2.25. The molecule has 0 aliphatic carbocycles. The van der Waals surface area contributed by atoms with Crippen molar-refractivity contribution in [2.45, 2.75) is 20.8 Å². The second kappa shape index (κ2) is 4.62. The molecule has 17 heavy (non-hydrogen) atoms. The smallest absolute Gasteiger partial charge is 0.0413 e. The number of anilines is 2. The van der Waals surface area contributed by atoms with Gasteiger partial charge in [-0.25, -0.2) is 0 Å². The van der Waals surface area contributed by atoms with Crippen molar-refractivity contribution in [2.75, 3.05) is 11.9 Å². The summed E-state index contributed by atoms with van der Waals surface area (Å²) in [5, 5.41) is 0. The third-order valence-corrected chi connectivity index (χ3v) is 2.98. The minimum Gasteiger partial charge on any atom is -0.345 e. The van der Waals surface area contributed by atoms with Gasteiger partial charge in [-0.15, -0.1) is 0 Å². The van der Waals surface area contributed by atoms with Gasteiger partial charge in [-0.2, -0.15) is 0 Å². The van der Waals surface area contributed by atoms with Crippen LogP contribution in [-0.4, -0.2) is 7.05 Å². The topological polar surface area (TPSA) is 3.24 Å². The summed E-state index contributed by atoms with van der Waals surface area (Å²) in [6, 6.07) is 15.2. The standard InChI is InChI=1S/C16H19N/c1-12-6-5-7-15(9-12)17(4)16-10-13(2)8-14(3)11-16/h5-11H,1-4H3. The summed E-state index contributed by atoms with van der Waals surface area (Å²) in [4.78, 5) is 2.23. The molecule has 2 aromatic carbocycles. The Hall–Kier alpha value is -1.76. The molecular formula is C16H19N. The molecule has 1 nitrogen and oxygen atoms in total. The van der Waals surface area contributed by atoms with Crippen LogP contribution in [0.15, 0.2) is 42.5 Å². The van der Waals surface area contributed by atoms with Gasteiger partial charge in [0, 0.05) is 18.4 Å². The molecule has 0 spiro atoms. The Morgan fingerprint density at radius 2 is 1.29 bits per heavy atom. The summed E-state index contributed by atoms with van der Waals surface area (Å²) in [5.41, 5.74) is 6.38. The van der Waals surface area contributed by atoms with E-state index in [0.717, 1.165) is 0 Å². The highest BCUT2D eigenvalue weighted by atomic mass is 15.1. The molecule has 2 rings (SSSR count). The molecular weight excluding hydrogens is 206 g/mol. The fourth-order valence-corrected chi connectivity index (χ4v) is 2.13. The highest BCUT2D eigenvalue weighted by molar-refractivity contribution is 5.64. The second-order valence-electron chi connectivity index (χ2n) is 4.74. The highest BCUT2D eigenvalue weighted by Gasteiger charge is 2.04. The predicted molar refractivity (Wildman–Crippen MR) is 75.2 cm³/mol. The van der Waals surface area contributed by atoms with Crippen LogP contribution < -0.4 is 4.90 Å². The number of nitrogens with zero attached hydrogens (tertiary/aromatic N) is 1. The van der Waals surface area contributed by atoms with Crippen LogP contribution in [0.1, 0.15) is 16.7 Å². The fraction of sp³-hybridized carbons (Fsp3) is 0.250. The van der Waals surface area contributed by atoms with Crippen LogP contribution >= 0.6 is 0 Å². The summed E-state index contributed by atoms with van der Waals surface area (Å²) in [5.74, 6) is 0. The number of hydrogen-bond donors (Lipinski definition) is 0. The molecule has 88 valence electrons. The van der Waals surface area contributed by atoms with Crippen LogP contribution in [0.25, 0.3) is 0 Å². The first kappa shape index (κ1) is 11.7. The van der Waals surface area contributed by atoms with E-state index in [1.165, 1.54) is 28.1 Å². The van der Waals surface area contributed by atoms with Crippen LogP contribution in [0, 0.1) is 20.8 Å². The minimum atomic E-state index is 1.23. The lowest BCUT2D eigenvalue weighted by atomic mass is 10.1. The molecule has 0 N–H and O–H groups in total. The Labute approximate surface area is 104 Å². The molecule has 0 saturated heterocycles. The van der Waals surface area contributed by atoms with E-state index < -0.39 is 0 Å². The first-order valence-corrected chi connectivity index (χ1v) is 5.95. The lowest BCUT2D eigenvalue weighted by molar-refractivity contribution is 1.19. The van der Waals surface area contributed by atoms with Crippen molar-refractivity contribution in [2.24, 2.45) is 0 Å². The Bertz CT molecular complexity index is 509. The number of hydrogen-bond acceptors (Lipinski definition) is 1. The van der Waals surface area contributed by atoms with Gasteiger partial charge in [0.25, 0.3) is 0 Å². The molecule has 0 aliphatic heterocycles. The summed E-state index contributed by atoms with van der Waals surface area (Å²) in [6.07, 6.45) is 0. The summed E-state index contributed by atoms with van der Waals surface area (Å²) in [6.45, 7) is 6.40. The van der Waals surface area contributed by atoms with Gasteiger partial charge in [0.15, 0.2) is 0 Å². The average molecular weight is 225 g/mol. The zero-order valence-corrected chi connectivity index (χ0v) is 11.0. The van der Waals surface area contributed by atoms with E-state index in [0.29, 0.717) is 0 Å². The Morgan fingerprint density at radius 1 is 0.706 bits per heavy atom. The van der Waals surface area contributed by atoms with Gasteiger partial charge in [0.05, 0.1) is 0 Å². The van der Waals surface area contributed by atoms with Gasteiger partial charge < -0.3 is 4.90 Å². The van der Waals surface area contributed by atoms with E-state index >= 15 is 0 Å². The minimum absolute atomic E-state index is 1.23. The Morgan fingerprint density at radius 3 is 1.88 bits per heavy atom. The van der Waals surface area contributed by atoms with Crippen LogP contribution in [-0.2, 0) is 0 Å². The van der Waals surface area contributed by atoms with E-state index in [1.807, 2.05) is 0 Å². The normalized spacial score (nSPS) is 10.4. The van der Waals surface area contributed by atoms with E-state index in [9.17, 15) is 0 Å². The van der Waals surface area contributed by atoms with Crippen LogP contribution in [0.2, 0.25) is 0 Å². The maximum absolute atomic E-state index is 2.23. The van der Waals surface area contributed by atoms with Crippen LogP contribution in [0.4, 0.5) is 11.4 Å². The quantitative estimate of drug-likeness (QED) is 0.733. The van der Waals surface area contributed by atoms with Gasteiger partial charge in [0.1, 0.15) is 0 Å². The monoisotopic (exact) mass is 225 g/mol. The van der Waals surface area contributed by atoms with Crippen molar-refractivity contribution in [3.05, 3.63) is 59.2 Å². The SMILES string of the molecule is Cc1cccc(N(C)c2cc(C)cc(C)c2)c1. The van der Waals surface area contributed by atoms with Crippen molar-refractivity contribution in [3.63, 3.8) is 0 Å².